The second-order valence-electron chi connectivity index (χ2n) is 2.39. The summed E-state index contributed by atoms with van der Waals surface area (Å²) in [7, 11) is 0. The average molecular weight is 230 g/mol. The van der Waals surface area contributed by atoms with Crippen LogP contribution in [0.2, 0.25) is 5.02 Å². The molecule has 0 N–H and O–H groups in total. The van der Waals surface area contributed by atoms with Gasteiger partial charge in [-0.1, -0.05) is 0 Å². The molecule has 0 amide bonds. The SMILES string of the molecule is CC(C)CC[CH2][Zn+].[Br-]. The Morgan fingerprint density at radius 1 is 1.38 bits per heavy atom. The molecule has 0 spiro atoms. The van der Waals surface area contributed by atoms with Crippen LogP contribution in [0.5, 0.6) is 0 Å². The van der Waals surface area contributed by atoms with E-state index in [1.165, 1.54) is 36.2 Å². The van der Waals surface area contributed by atoms with Crippen molar-refractivity contribution in [2.24, 2.45) is 5.92 Å². The van der Waals surface area contributed by atoms with E-state index in [0.717, 1.165) is 5.92 Å². The van der Waals surface area contributed by atoms with Gasteiger partial charge in [0.15, 0.2) is 0 Å². The minimum absolute atomic E-state index is 0. The molecule has 0 aromatic carbocycles. The van der Waals surface area contributed by atoms with Crippen LogP contribution in [0.4, 0.5) is 0 Å². The van der Waals surface area contributed by atoms with Crippen molar-refractivity contribution in [1.82, 2.24) is 0 Å². The van der Waals surface area contributed by atoms with Crippen molar-refractivity contribution < 1.29 is 35.3 Å². The van der Waals surface area contributed by atoms with E-state index in [-0.39, 0.29) is 17.0 Å². The van der Waals surface area contributed by atoms with Gasteiger partial charge in [-0.25, -0.2) is 0 Å². The van der Waals surface area contributed by atoms with E-state index in [1.54, 1.807) is 0 Å². The van der Waals surface area contributed by atoms with E-state index < -0.39 is 0 Å². The van der Waals surface area contributed by atoms with Crippen LogP contribution in [-0.2, 0) is 18.3 Å². The third-order valence-electron chi connectivity index (χ3n) is 1.03. The maximum Gasteiger partial charge on any atom is -1.00 e. The van der Waals surface area contributed by atoms with Crippen LogP contribution in [0.3, 0.4) is 0 Å². The Morgan fingerprint density at radius 3 is 2.00 bits per heavy atom. The molecule has 0 heterocycles. The van der Waals surface area contributed by atoms with Crippen LogP contribution in [0, 0.1) is 5.92 Å². The molecule has 0 fully saturated rings. The molecule has 0 aliphatic rings. The Labute approximate surface area is 72.9 Å². The summed E-state index contributed by atoms with van der Waals surface area (Å²) >= 11 is 1.48. The molecule has 0 saturated carbocycles. The van der Waals surface area contributed by atoms with Crippen molar-refractivity contribution in [3.63, 3.8) is 0 Å². The smallest absolute Gasteiger partial charge is 1.00 e. The van der Waals surface area contributed by atoms with Gasteiger partial charge in [0, 0.05) is 0 Å². The summed E-state index contributed by atoms with van der Waals surface area (Å²) in [5, 5.41) is 1.47. The van der Waals surface area contributed by atoms with Crippen molar-refractivity contribution in [2.45, 2.75) is 31.7 Å². The molecule has 0 unspecified atom stereocenters. The fourth-order valence-corrected chi connectivity index (χ4v) is 1.16. The van der Waals surface area contributed by atoms with Crippen LogP contribution in [0.25, 0.3) is 0 Å². The molecule has 0 bridgehead atoms. The zero-order valence-electron chi connectivity index (χ0n) is 5.78. The summed E-state index contributed by atoms with van der Waals surface area (Å²) in [6.45, 7) is 4.57. The Kier molecular flexibility index (Phi) is 12.0. The van der Waals surface area contributed by atoms with Gasteiger partial charge in [0.1, 0.15) is 0 Å². The van der Waals surface area contributed by atoms with Crippen molar-refractivity contribution in [3.8, 4) is 0 Å². The Bertz CT molecular complexity index is 37.5. The van der Waals surface area contributed by atoms with Crippen molar-refractivity contribution >= 4 is 0 Å². The molecule has 46 valence electrons. The minimum Gasteiger partial charge on any atom is -1.00 e. The van der Waals surface area contributed by atoms with Crippen LogP contribution in [0.15, 0.2) is 0 Å². The number of hydrogen-bond acceptors (Lipinski definition) is 0. The topological polar surface area (TPSA) is 0 Å². The summed E-state index contributed by atoms with van der Waals surface area (Å²) in [6, 6.07) is 0. The molecule has 0 aliphatic heterocycles. The fourth-order valence-electron chi connectivity index (χ4n) is 0.553. The molecule has 0 aliphatic carbocycles. The average Bonchev–Trinajstić information content (AvgIpc) is 1.61. The van der Waals surface area contributed by atoms with Crippen LogP contribution in [0.1, 0.15) is 26.7 Å². The van der Waals surface area contributed by atoms with Gasteiger partial charge < -0.3 is 17.0 Å². The molecule has 8 heavy (non-hydrogen) atoms. The summed E-state index contributed by atoms with van der Waals surface area (Å²) in [6.07, 6.45) is 2.89. The van der Waals surface area contributed by atoms with E-state index in [0.29, 0.717) is 0 Å². The fraction of sp³-hybridized carbons (Fsp3) is 1.00. The molecule has 0 saturated heterocycles. The maximum absolute atomic E-state index is 2.29. The second-order valence-corrected chi connectivity index (χ2v) is 3.87. The van der Waals surface area contributed by atoms with Crippen LogP contribution < -0.4 is 17.0 Å². The molecule has 2 heteroatoms. The Morgan fingerprint density at radius 2 is 1.88 bits per heavy atom. The van der Waals surface area contributed by atoms with Crippen molar-refractivity contribution in [2.75, 3.05) is 0 Å². The molecule has 0 nitrogen and oxygen atoms in total. The van der Waals surface area contributed by atoms with Gasteiger partial charge in [-0.05, 0) is 0 Å². The summed E-state index contributed by atoms with van der Waals surface area (Å²) in [5.41, 5.74) is 0. The first kappa shape index (κ1) is 11.8. The van der Waals surface area contributed by atoms with E-state index in [4.69, 9.17) is 0 Å². The predicted octanol–water partition coefficient (Wildman–Crippen LogP) is -0.608. The summed E-state index contributed by atoms with van der Waals surface area (Å²) in [5.74, 6) is 0.923. The first-order valence-corrected chi connectivity index (χ1v) is 5.16. The molecular weight excluding hydrogens is 217 g/mol. The van der Waals surface area contributed by atoms with Gasteiger partial charge in [0.05, 0.1) is 0 Å². The van der Waals surface area contributed by atoms with E-state index in [2.05, 4.69) is 13.8 Å². The first-order chi connectivity index (χ1) is 3.27. The largest absolute Gasteiger partial charge is 1.00 e. The second kappa shape index (κ2) is 8.10. The monoisotopic (exact) mass is 228 g/mol. The molecule has 0 aromatic heterocycles. The van der Waals surface area contributed by atoms with E-state index in [9.17, 15) is 0 Å². The Hall–Kier alpha value is 1.10. The maximum atomic E-state index is 2.29. The standard InChI is InChI=1S/C6H13.BrH.Zn/c1-4-5-6(2)3;;/h6H,1,4-5H2,2-3H3;1H;/q;;+1/p-1. The minimum atomic E-state index is 0. The third kappa shape index (κ3) is 10.2. The van der Waals surface area contributed by atoms with Crippen molar-refractivity contribution in [3.05, 3.63) is 0 Å². The summed E-state index contributed by atoms with van der Waals surface area (Å²) < 4.78 is 0. The number of halogens is 1. The molecule has 0 atom stereocenters. The molecule has 0 aromatic rings. The van der Waals surface area contributed by atoms with Crippen LogP contribution >= 0.6 is 0 Å². The van der Waals surface area contributed by atoms with Gasteiger partial charge in [-0.2, -0.15) is 0 Å². The van der Waals surface area contributed by atoms with Gasteiger partial charge in [-0.15, -0.1) is 0 Å². The van der Waals surface area contributed by atoms with Gasteiger partial charge >= 0.3 is 55.9 Å². The normalized spacial score (nSPS) is 9.12. The summed E-state index contributed by atoms with van der Waals surface area (Å²) in [4.78, 5) is 0. The number of hydrogen-bond donors (Lipinski definition) is 0. The third-order valence-corrected chi connectivity index (χ3v) is 2.08. The predicted molar refractivity (Wildman–Crippen MR) is 28.9 cm³/mol. The van der Waals surface area contributed by atoms with E-state index in [1.807, 2.05) is 0 Å². The molecule has 0 radical (unpaired) electrons. The zero-order valence-corrected chi connectivity index (χ0v) is 10.3. The van der Waals surface area contributed by atoms with Crippen molar-refractivity contribution in [1.29, 1.82) is 0 Å². The van der Waals surface area contributed by atoms with Gasteiger partial charge in [0.25, 0.3) is 0 Å². The number of rotatable bonds is 3. The molecular formula is C6H13BrZn. The van der Waals surface area contributed by atoms with E-state index >= 15 is 0 Å². The molecule has 0 rings (SSSR count). The van der Waals surface area contributed by atoms with Gasteiger partial charge in [0.2, 0.25) is 0 Å². The quantitative estimate of drug-likeness (QED) is 0.568. The van der Waals surface area contributed by atoms with Crippen LogP contribution in [-0.4, -0.2) is 0 Å². The Balaban J connectivity index is 0. The zero-order chi connectivity index (χ0) is 5.70. The first-order valence-electron chi connectivity index (χ1n) is 3.06. The van der Waals surface area contributed by atoms with Gasteiger partial charge in [-0.3, -0.25) is 0 Å².